The predicted molar refractivity (Wildman–Crippen MR) is 68.5 cm³/mol. The van der Waals surface area contributed by atoms with Gasteiger partial charge in [0.05, 0.1) is 17.6 Å². The lowest BCUT2D eigenvalue weighted by atomic mass is 10.2. The molecule has 1 aromatic carbocycles. The highest BCUT2D eigenvalue weighted by Gasteiger charge is 2.06. The molecule has 0 aliphatic carbocycles. The van der Waals surface area contributed by atoms with Crippen molar-refractivity contribution in [3.63, 3.8) is 0 Å². The molecule has 0 saturated carbocycles. The lowest BCUT2D eigenvalue weighted by Gasteiger charge is -2.07. The molecule has 0 amide bonds. The second-order valence-corrected chi connectivity index (χ2v) is 3.88. The van der Waals surface area contributed by atoms with Crippen LogP contribution in [0.5, 0.6) is 5.75 Å². The van der Waals surface area contributed by atoms with E-state index in [1.165, 1.54) is 0 Å². The van der Waals surface area contributed by atoms with Gasteiger partial charge >= 0.3 is 0 Å². The fraction of sp³-hybridized carbons (Fsp3) is 0. The van der Waals surface area contributed by atoms with Gasteiger partial charge in [-0.1, -0.05) is 0 Å². The summed E-state index contributed by atoms with van der Waals surface area (Å²) in [5, 5.41) is 13.6. The molecule has 1 N–H and O–H groups in total. The first-order chi connectivity index (χ1) is 8.84. The molecule has 3 aromatic rings. The van der Waals surface area contributed by atoms with Crippen molar-refractivity contribution in [1.82, 2.24) is 14.8 Å². The van der Waals surface area contributed by atoms with Crippen LogP contribution in [0.4, 0.5) is 0 Å². The van der Waals surface area contributed by atoms with Gasteiger partial charge in [0.25, 0.3) is 0 Å². The van der Waals surface area contributed by atoms with Crippen LogP contribution in [0.25, 0.3) is 16.9 Å². The van der Waals surface area contributed by atoms with Gasteiger partial charge in [-0.15, -0.1) is 0 Å². The van der Waals surface area contributed by atoms with Crippen LogP contribution in [-0.4, -0.2) is 19.9 Å². The van der Waals surface area contributed by atoms with Gasteiger partial charge in [0.2, 0.25) is 0 Å². The fourth-order valence-corrected chi connectivity index (χ4v) is 1.84. The molecule has 0 spiro atoms. The van der Waals surface area contributed by atoms with Gasteiger partial charge in [0.1, 0.15) is 5.75 Å². The Bertz CT molecular complexity index is 644. The molecule has 0 radical (unpaired) electrons. The van der Waals surface area contributed by atoms with Crippen molar-refractivity contribution < 1.29 is 5.11 Å². The maximum Gasteiger partial charge on any atom is 0.115 e. The summed E-state index contributed by atoms with van der Waals surface area (Å²) in [7, 11) is 0. The van der Waals surface area contributed by atoms with Gasteiger partial charge in [-0.2, -0.15) is 5.10 Å². The number of rotatable bonds is 2. The summed E-state index contributed by atoms with van der Waals surface area (Å²) in [5.41, 5.74) is 2.95. The second kappa shape index (κ2) is 4.33. The van der Waals surface area contributed by atoms with Crippen LogP contribution < -0.4 is 0 Å². The Kier molecular flexibility index (Phi) is 2.53. The molecule has 88 valence electrons. The third-order valence-electron chi connectivity index (χ3n) is 2.71. The first kappa shape index (κ1) is 10.5. The summed E-state index contributed by atoms with van der Waals surface area (Å²) in [6, 6.07) is 12.8. The smallest absolute Gasteiger partial charge is 0.115 e. The van der Waals surface area contributed by atoms with Crippen LogP contribution in [-0.2, 0) is 0 Å². The lowest BCUT2D eigenvalue weighted by molar-refractivity contribution is 0.475. The monoisotopic (exact) mass is 237 g/mol. The molecular weight excluding hydrogens is 226 g/mol. The third-order valence-corrected chi connectivity index (χ3v) is 2.71. The molecule has 18 heavy (non-hydrogen) atoms. The van der Waals surface area contributed by atoms with Crippen molar-refractivity contribution in [3.05, 3.63) is 61.1 Å². The van der Waals surface area contributed by atoms with Crippen molar-refractivity contribution >= 4 is 0 Å². The van der Waals surface area contributed by atoms with Crippen LogP contribution >= 0.6 is 0 Å². The summed E-state index contributed by atoms with van der Waals surface area (Å²) >= 11 is 0. The molecule has 4 nitrogen and oxygen atoms in total. The molecule has 0 atom stereocenters. The zero-order chi connectivity index (χ0) is 12.4. The van der Waals surface area contributed by atoms with E-state index in [0.717, 1.165) is 16.9 Å². The standard InChI is InChI=1S/C14H11N3O/c18-13-3-1-12(2-4-13)17-14(7-10-16-17)11-5-8-15-9-6-11/h1-10,18H. The van der Waals surface area contributed by atoms with E-state index in [4.69, 9.17) is 0 Å². The molecule has 4 heteroatoms. The highest BCUT2D eigenvalue weighted by molar-refractivity contribution is 5.61. The molecule has 0 aliphatic heterocycles. The molecule has 2 aromatic heterocycles. The maximum atomic E-state index is 9.30. The van der Waals surface area contributed by atoms with Crippen LogP contribution in [0.15, 0.2) is 61.1 Å². The molecule has 0 aliphatic rings. The van der Waals surface area contributed by atoms with Crippen molar-refractivity contribution in [2.24, 2.45) is 0 Å². The van der Waals surface area contributed by atoms with E-state index in [1.54, 1.807) is 30.7 Å². The summed E-state index contributed by atoms with van der Waals surface area (Å²) in [5.74, 6) is 0.247. The highest BCUT2D eigenvalue weighted by atomic mass is 16.3. The number of phenols is 1. The summed E-state index contributed by atoms with van der Waals surface area (Å²) in [6.07, 6.45) is 5.26. The average Bonchev–Trinajstić information content (AvgIpc) is 2.90. The van der Waals surface area contributed by atoms with E-state index in [-0.39, 0.29) is 5.75 Å². The largest absolute Gasteiger partial charge is 0.508 e. The molecular formula is C14H11N3O. The first-order valence-corrected chi connectivity index (χ1v) is 5.58. The normalized spacial score (nSPS) is 10.4. The minimum Gasteiger partial charge on any atom is -0.508 e. The van der Waals surface area contributed by atoms with Crippen molar-refractivity contribution in [1.29, 1.82) is 0 Å². The number of phenolic OH excluding ortho intramolecular Hbond substituents is 1. The minimum atomic E-state index is 0.247. The molecule has 0 unspecified atom stereocenters. The van der Waals surface area contributed by atoms with Crippen molar-refractivity contribution in [2.45, 2.75) is 0 Å². The molecule has 0 bridgehead atoms. The van der Waals surface area contributed by atoms with Gasteiger partial charge in [0, 0.05) is 18.0 Å². The Morgan fingerprint density at radius 1 is 0.833 bits per heavy atom. The van der Waals surface area contributed by atoms with Crippen molar-refractivity contribution in [3.8, 4) is 22.7 Å². The first-order valence-electron chi connectivity index (χ1n) is 5.58. The lowest BCUT2D eigenvalue weighted by Crippen LogP contribution is -1.98. The number of hydrogen-bond acceptors (Lipinski definition) is 3. The third kappa shape index (κ3) is 1.84. The zero-order valence-electron chi connectivity index (χ0n) is 9.56. The fourth-order valence-electron chi connectivity index (χ4n) is 1.84. The summed E-state index contributed by atoms with van der Waals surface area (Å²) < 4.78 is 1.83. The maximum absolute atomic E-state index is 9.30. The van der Waals surface area contributed by atoms with Crippen LogP contribution in [0, 0.1) is 0 Å². The molecule has 3 rings (SSSR count). The Morgan fingerprint density at radius 2 is 1.56 bits per heavy atom. The molecule has 2 heterocycles. The number of benzene rings is 1. The Balaban J connectivity index is 2.10. The van der Waals surface area contributed by atoms with E-state index >= 15 is 0 Å². The van der Waals surface area contributed by atoms with E-state index in [9.17, 15) is 5.11 Å². The Morgan fingerprint density at radius 3 is 2.28 bits per heavy atom. The van der Waals surface area contributed by atoms with Crippen molar-refractivity contribution in [2.75, 3.05) is 0 Å². The van der Waals surface area contributed by atoms with Gasteiger partial charge in [-0.25, -0.2) is 4.68 Å². The Hall–Kier alpha value is -2.62. The van der Waals surface area contributed by atoms with E-state index < -0.39 is 0 Å². The number of aromatic hydroxyl groups is 1. The number of aromatic nitrogens is 3. The predicted octanol–water partition coefficient (Wildman–Crippen LogP) is 2.64. The summed E-state index contributed by atoms with van der Waals surface area (Å²) in [6.45, 7) is 0. The van der Waals surface area contributed by atoms with E-state index in [1.807, 2.05) is 35.0 Å². The quantitative estimate of drug-likeness (QED) is 0.745. The van der Waals surface area contributed by atoms with Gasteiger partial charge in [0.15, 0.2) is 0 Å². The number of hydrogen-bond donors (Lipinski definition) is 1. The highest BCUT2D eigenvalue weighted by Crippen LogP contribution is 2.22. The van der Waals surface area contributed by atoms with E-state index in [0.29, 0.717) is 0 Å². The number of nitrogens with zero attached hydrogens (tertiary/aromatic N) is 3. The summed E-state index contributed by atoms with van der Waals surface area (Å²) in [4.78, 5) is 4.01. The van der Waals surface area contributed by atoms with Crippen LogP contribution in [0.2, 0.25) is 0 Å². The Labute approximate surface area is 104 Å². The van der Waals surface area contributed by atoms with Crippen LogP contribution in [0.3, 0.4) is 0 Å². The van der Waals surface area contributed by atoms with Gasteiger partial charge < -0.3 is 5.11 Å². The van der Waals surface area contributed by atoms with Gasteiger partial charge in [-0.3, -0.25) is 4.98 Å². The average molecular weight is 237 g/mol. The zero-order valence-corrected chi connectivity index (χ0v) is 9.56. The molecule has 0 saturated heterocycles. The minimum absolute atomic E-state index is 0.247. The molecule has 0 fully saturated rings. The van der Waals surface area contributed by atoms with Crippen LogP contribution in [0.1, 0.15) is 0 Å². The number of pyridine rings is 1. The second-order valence-electron chi connectivity index (χ2n) is 3.88. The SMILES string of the molecule is Oc1ccc(-n2nccc2-c2ccncc2)cc1. The van der Waals surface area contributed by atoms with E-state index in [2.05, 4.69) is 10.1 Å². The van der Waals surface area contributed by atoms with Gasteiger partial charge in [-0.05, 0) is 42.5 Å². The topological polar surface area (TPSA) is 50.9 Å².